The highest BCUT2D eigenvalue weighted by atomic mass is 35.5. The second-order valence-electron chi connectivity index (χ2n) is 5.43. The molecule has 21 heavy (non-hydrogen) atoms. The van der Waals surface area contributed by atoms with E-state index in [0.29, 0.717) is 28.3 Å². The Hall–Kier alpha value is -0.520. The SMILES string of the molecule is OCC1CCCC1NCC(O)COc1ccc(Cl)c(Cl)c1. The molecule has 3 unspecified atom stereocenters. The summed E-state index contributed by atoms with van der Waals surface area (Å²) < 4.78 is 5.49. The summed E-state index contributed by atoms with van der Waals surface area (Å²) in [5.74, 6) is 0.880. The summed E-state index contributed by atoms with van der Waals surface area (Å²) in [6.07, 6.45) is 2.60. The van der Waals surface area contributed by atoms with Crippen molar-refractivity contribution in [2.75, 3.05) is 19.8 Å². The van der Waals surface area contributed by atoms with Gasteiger partial charge in [-0.05, 0) is 30.9 Å². The number of halogens is 2. The van der Waals surface area contributed by atoms with Crippen molar-refractivity contribution in [2.24, 2.45) is 5.92 Å². The first-order valence-electron chi connectivity index (χ1n) is 7.20. The molecule has 2 rings (SSSR count). The molecule has 1 saturated carbocycles. The number of aliphatic hydroxyl groups excluding tert-OH is 2. The predicted octanol–water partition coefficient (Wildman–Crippen LogP) is 2.48. The molecule has 0 saturated heterocycles. The van der Waals surface area contributed by atoms with E-state index in [9.17, 15) is 10.2 Å². The molecule has 0 radical (unpaired) electrons. The Morgan fingerprint density at radius 2 is 2.10 bits per heavy atom. The van der Waals surface area contributed by atoms with Crippen LogP contribution in [0, 0.1) is 5.92 Å². The third kappa shape index (κ3) is 5.01. The first-order valence-corrected chi connectivity index (χ1v) is 7.96. The van der Waals surface area contributed by atoms with Gasteiger partial charge in [0.05, 0.1) is 10.0 Å². The lowest BCUT2D eigenvalue weighted by atomic mass is 10.1. The van der Waals surface area contributed by atoms with Crippen LogP contribution in [0.5, 0.6) is 5.75 Å². The van der Waals surface area contributed by atoms with Crippen LogP contribution in [0.3, 0.4) is 0 Å². The van der Waals surface area contributed by atoms with E-state index in [-0.39, 0.29) is 19.3 Å². The van der Waals surface area contributed by atoms with E-state index in [4.69, 9.17) is 27.9 Å². The van der Waals surface area contributed by atoms with Crippen molar-refractivity contribution in [2.45, 2.75) is 31.4 Å². The average molecular weight is 334 g/mol. The molecule has 4 nitrogen and oxygen atoms in total. The maximum atomic E-state index is 9.94. The van der Waals surface area contributed by atoms with Crippen LogP contribution in [0.4, 0.5) is 0 Å². The van der Waals surface area contributed by atoms with Crippen LogP contribution in [0.1, 0.15) is 19.3 Å². The molecule has 6 heteroatoms. The molecule has 0 aliphatic heterocycles. The van der Waals surface area contributed by atoms with Crippen molar-refractivity contribution >= 4 is 23.2 Å². The number of hydrogen-bond acceptors (Lipinski definition) is 4. The molecule has 1 aromatic carbocycles. The summed E-state index contributed by atoms with van der Waals surface area (Å²) in [5.41, 5.74) is 0. The van der Waals surface area contributed by atoms with Crippen LogP contribution in [0.2, 0.25) is 10.0 Å². The van der Waals surface area contributed by atoms with Crippen molar-refractivity contribution in [3.63, 3.8) is 0 Å². The lowest BCUT2D eigenvalue weighted by Crippen LogP contribution is -2.40. The van der Waals surface area contributed by atoms with Crippen molar-refractivity contribution in [3.8, 4) is 5.75 Å². The number of aliphatic hydroxyl groups is 2. The summed E-state index contributed by atoms with van der Waals surface area (Å²) >= 11 is 11.7. The van der Waals surface area contributed by atoms with Crippen LogP contribution in [-0.2, 0) is 0 Å². The maximum Gasteiger partial charge on any atom is 0.121 e. The average Bonchev–Trinajstić information content (AvgIpc) is 2.94. The summed E-state index contributed by atoms with van der Waals surface area (Å²) in [5, 5.41) is 23.4. The van der Waals surface area contributed by atoms with Crippen LogP contribution < -0.4 is 10.1 Å². The van der Waals surface area contributed by atoms with E-state index in [0.717, 1.165) is 19.3 Å². The second-order valence-corrected chi connectivity index (χ2v) is 6.24. The highest BCUT2D eigenvalue weighted by Crippen LogP contribution is 2.26. The minimum atomic E-state index is -0.612. The van der Waals surface area contributed by atoms with Gasteiger partial charge in [-0.15, -0.1) is 0 Å². The molecule has 0 spiro atoms. The summed E-state index contributed by atoms with van der Waals surface area (Å²) in [4.78, 5) is 0. The van der Waals surface area contributed by atoms with Crippen LogP contribution in [-0.4, -0.2) is 42.1 Å². The topological polar surface area (TPSA) is 61.7 Å². The van der Waals surface area contributed by atoms with E-state index in [1.165, 1.54) is 0 Å². The van der Waals surface area contributed by atoms with Gasteiger partial charge in [-0.25, -0.2) is 0 Å². The fraction of sp³-hybridized carbons (Fsp3) is 0.600. The van der Waals surface area contributed by atoms with E-state index in [1.807, 2.05) is 0 Å². The normalized spacial score (nSPS) is 23.2. The van der Waals surface area contributed by atoms with E-state index < -0.39 is 6.10 Å². The molecular formula is C15H21Cl2NO3. The van der Waals surface area contributed by atoms with Gasteiger partial charge in [0.2, 0.25) is 0 Å². The fourth-order valence-corrected chi connectivity index (χ4v) is 2.92. The van der Waals surface area contributed by atoms with Gasteiger partial charge in [-0.3, -0.25) is 0 Å². The number of nitrogens with one attached hydrogen (secondary N) is 1. The molecule has 0 amide bonds. The Morgan fingerprint density at radius 1 is 1.29 bits per heavy atom. The minimum Gasteiger partial charge on any atom is -0.491 e. The quantitative estimate of drug-likeness (QED) is 0.717. The van der Waals surface area contributed by atoms with E-state index in [1.54, 1.807) is 18.2 Å². The fourth-order valence-electron chi connectivity index (χ4n) is 2.63. The summed E-state index contributed by atoms with van der Waals surface area (Å²) in [7, 11) is 0. The molecule has 118 valence electrons. The van der Waals surface area contributed by atoms with Gasteiger partial charge in [0.15, 0.2) is 0 Å². The van der Waals surface area contributed by atoms with Crippen molar-refractivity contribution in [1.29, 1.82) is 0 Å². The van der Waals surface area contributed by atoms with Gasteiger partial charge in [-0.1, -0.05) is 29.6 Å². The van der Waals surface area contributed by atoms with Gasteiger partial charge in [-0.2, -0.15) is 0 Å². The number of rotatable bonds is 7. The van der Waals surface area contributed by atoms with Crippen molar-refractivity contribution < 1.29 is 14.9 Å². The van der Waals surface area contributed by atoms with Gasteiger partial charge in [0, 0.05) is 25.3 Å². The zero-order chi connectivity index (χ0) is 15.2. The van der Waals surface area contributed by atoms with Crippen LogP contribution in [0.25, 0.3) is 0 Å². The van der Waals surface area contributed by atoms with Gasteiger partial charge < -0.3 is 20.3 Å². The molecule has 1 aliphatic carbocycles. The summed E-state index contributed by atoms with van der Waals surface area (Å²) in [6, 6.07) is 5.29. The zero-order valence-corrected chi connectivity index (χ0v) is 13.3. The molecule has 1 aliphatic rings. The number of hydrogen-bond donors (Lipinski definition) is 3. The van der Waals surface area contributed by atoms with Crippen molar-refractivity contribution in [1.82, 2.24) is 5.32 Å². The molecular weight excluding hydrogens is 313 g/mol. The van der Waals surface area contributed by atoms with Crippen LogP contribution in [0.15, 0.2) is 18.2 Å². The molecule has 1 fully saturated rings. The maximum absolute atomic E-state index is 9.94. The third-order valence-corrected chi connectivity index (χ3v) is 4.58. The number of ether oxygens (including phenoxy) is 1. The molecule has 0 bridgehead atoms. The molecule has 0 heterocycles. The Bertz CT molecular complexity index is 459. The summed E-state index contributed by atoms with van der Waals surface area (Å²) in [6.45, 7) is 0.831. The smallest absolute Gasteiger partial charge is 0.121 e. The van der Waals surface area contributed by atoms with Gasteiger partial charge in [0.25, 0.3) is 0 Å². The minimum absolute atomic E-state index is 0.182. The Kier molecular flexibility index (Phi) is 6.58. The van der Waals surface area contributed by atoms with E-state index in [2.05, 4.69) is 5.32 Å². The largest absolute Gasteiger partial charge is 0.491 e. The van der Waals surface area contributed by atoms with Gasteiger partial charge >= 0.3 is 0 Å². The Balaban J connectivity index is 1.72. The van der Waals surface area contributed by atoms with Gasteiger partial charge in [0.1, 0.15) is 18.5 Å². The lowest BCUT2D eigenvalue weighted by molar-refractivity contribution is 0.0992. The van der Waals surface area contributed by atoms with Crippen LogP contribution >= 0.6 is 23.2 Å². The highest BCUT2D eigenvalue weighted by molar-refractivity contribution is 6.42. The first-order chi connectivity index (χ1) is 10.1. The number of benzene rings is 1. The zero-order valence-electron chi connectivity index (χ0n) is 11.8. The third-order valence-electron chi connectivity index (χ3n) is 3.84. The Labute approximate surface area is 135 Å². The second kappa shape index (κ2) is 8.20. The predicted molar refractivity (Wildman–Crippen MR) is 84.2 cm³/mol. The first kappa shape index (κ1) is 16.8. The standard InChI is InChI=1S/C15H21Cl2NO3/c16-13-5-4-12(6-14(13)17)21-9-11(20)7-18-15-3-1-2-10(15)8-19/h4-6,10-11,15,18-20H,1-3,7-9H2. The molecule has 3 atom stereocenters. The highest BCUT2D eigenvalue weighted by Gasteiger charge is 2.26. The molecule has 3 N–H and O–H groups in total. The monoisotopic (exact) mass is 333 g/mol. The Morgan fingerprint density at radius 3 is 2.81 bits per heavy atom. The lowest BCUT2D eigenvalue weighted by Gasteiger charge is -2.21. The molecule has 1 aromatic rings. The molecule has 0 aromatic heterocycles. The van der Waals surface area contributed by atoms with Crippen molar-refractivity contribution in [3.05, 3.63) is 28.2 Å². The van der Waals surface area contributed by atoms with E-state index >= 15 is 0 Å².